The molecule has 0 spiro atoms. The number of alkyl halides is 1. The molecular weight excluding hydrogens is 399 g/mol. The van der Waals surface area contributed by atoms with Crippen LogP contribution in [-0.4, -0.2) is 44.3 Å². The molecule has 0 saturated carbocycles. The number of carbonyl (C=O) groups excluding carboxylic acids is 2. The van der Waals surface area contributed by atoms with E-state index < -0.39 is 18.4 Å². The number of anilines is 2. The molecule has 4 amide bonds. The average Bonchev–Trinajstić information content (AvgIpc) is 2.51. The molecule has 0 bridgehead atoms. The maximum atomic E-state index is 12.3. The second-order valence-corrected chi connectivity index (χ2v) is 6.44. The fourth-order valence-corrected chi connectivity index (χ4v) is 2.01. The molecule has 1 atom stereocenters. The SMILES string of the molecule is Cc1cc(=O)[nH]c(NC(=O)NC(C)C)n1.Cc1cc(=O)[nH]c(NC(=O)NC(C)F)n1. The number of nitrogens with zero attached hydrogens (tertiary/aromatic N) is 2. The molecule has 30 heavy (non-hydrogen) atoms. The van der Waals surface area contributed by atoms with Crippen LogP contribution >= 0.6 is 0 Å². The van der Waals surface area contributed by atoms with E-state index >= 15 is 0 Å². The second-order valence-electron chi connectivity index (χ2n) is 6.44. The number of carbonyl (C=O) groups is 2. The standard InChI is InChI=1S/C9H14N4O2.C8H11FN4O2/c1-5(2)10-9(15)13-8-11-6(3)4-7(14)12-8;1-4-3-6(14)12-7(10-4)13-8(15)11-5(2)9/h4-5H,1-3H3,(H3,10,11,12,13,14,15);3,5H,1-2H3,(H3,10,11,12,13,14,15). The molecule has 0 aliphatic heterocycles. The van der Waals surface area contributed by atoms with E-state index in [1.54, 1.807) is 13.8 Å². The van der Waals surface area contributed by atoms with Gasteiger partial charge in [-0.05, 0) is 34.6 Å². The molecule has 0 fully saturated rings. The summed E-state index contributed by atoms with van der Waals surface area (Å²) in [7, 11) is 0. The Bertz CT molecular complexity index is 907. The maximum absolute atomic E-state index is 12.3. The molecular formula is C17H25FN8O4. The first kappa shape index (κ1) is 24.3. The van der Waals surface area contributed by atoms with Gasteiger partial charge in [-0.1, -0.05) is 0 Å². The van der Waals surface area contributed by atoms with Crippen molar-refractivity contribution >= 4 is 24.0 Å². The molecule has 12 nitrogen and oxygen atoms in total. The van der Waals surface area contributed by atoms with E-state index in [-0.39, 0.29) is 29.1 Å². The summed E-state index contributed by atoms with van der Waals surface area (Å²) >= 11 is 0. The van der Waals surface area contributed by atoms with Gasteiger partial charge in [-0.2, -0.15) is 0 Å². The Kier molecular flexibility index (Phi) is 9.13. The van der Waals surface area contributed by atoms with Crippen molar-refractivity contribution in [2.75, 3.05) is 10.6 Å². The van der Waals surface area contributed by atoms with E-state index in [4.69, 9.17) is 0 Å². The van der Waals surface area contributed by atoms with Crippen LogP contribution in [0.3, 0.4) is 0 Å². The minimum absolute atomic E-state index is 0.0156. The van der Waals surface area contributed by atoms with Crippen molar-refractivity contribution in [2.24, 2.45) is 0 Å². The van der Waals surface area contributed by atoms with Crippen LogP contribution in [-0.2, 0) is 0 Å². The number of halogens is 1. The monoisotopic (exact) mass is 424 g/mol. The molecule has 2 aromatic rings. The number of aromatic amines is 2. The van der Waals surface area contributed by atoms with E-state index in [1.165, 1.54) is 19.1 Å². The number of rotatable bonds is 4. The van der Waals surface area contributed by atoms with Crippen LogP contribution in [0.25, 0.3) is 0 Å². The van der Waals surface area contributed by atoms with Crippen LogP contribution in [0.15, 0.2) is 21.7 Å². The molecule has 0 aliphatic rings. The Balaban J connectivity index is 0.000000300. The van der Waals surface area contributed by atoms with Crippen LogP contribution in [0.2, 0.25) is 0 Å². The van der Waals surface area contributed by atoms with Crippen LogP contribution in [0.1, 0.15) is 32.2 Å². The van der Waals surface area contributed by atoms with E-state index in [2.05, 4.69) is 35.9 Å². The highest BCUT2D eigenvalue weighted by molar-refractivity contribution is 5.87. The minimum atomic E-state index is -1.47. The summed E-state index contributed by atoms with van der Waals surface area (Å²) in [5.74, 6) is 0.135. The Morgan fingerprint density at radius 3 is 1.60 bits per heavy atom. The van der Waals surface area contributed by atoms with E-state index in [0.29, 0.717) is 11.4 Å². The van der Waals surface area contributed by atoms with Crippen molar-refractivity contribution in [3.8, 4) is 0 Å². The van der Waals surface area contributed by atoms with Gasteiger partial charge in [0, 0.05) is 29.6 Å². The van der Waals surface area contributed by atoms with Crippen molar-refractivity contribution in [3.05, 3.63) is 44.2 Å². The van der Waals surface area contributed by atoms with Gasteiger partial charge in [-0.15, -0.1) is 0 Å². The first-order valence-electron chi connectivity index (χ1n) is 8.89. The van der Waals surface area contributed by atoms with Crippen molar-refractivity contribution in [1.82, 2.24) is 30.6 Å². The summed E-state index contributed by atoms with van der Waals surface area (Å²) in [6.07, 6.45) is -1.47. The van der Waals surface area contributed by atoms with Crippen LogP contribution in [0.5, 0.6) is 0 Å². The zero-order valence-corrected chi connectivity index (χ0v) is 17.2. The number of nitrogens with one attached hydrogen (secondary N) is 6. The molecule has 13 heteroatoms. The average molecular weight is 424 g/mol. The Labute approximate surface area is 171 Å². The van der Waals surface area contributed by atoms with Gasteiger partial charge in [-0.3, -0.25) is 30.2 Å². The minimum Gasteiger partial charge on any atom is -0.336 e. The maximum Gasteiger partial charge on any atom is 0.323 e. The lowest BCUT2D eigenvalue weighted by atomic mass is 10.4. The summed E-state index contributed by atoms with van der Waals surface area (Å²) in [6.45, 7) is 8.14. The first-order chi connectivity index (χ1) is 13.9. The fourth-order valence-electron chi connectivity index (χ4n) is 2.01. The summed E-state index contributed by atoms with van der Waals surface area (Å²) in [4.78, 5) is 56.8. The largest absolute Gasteiger partial charge is 0.336 e. The topological polar surface area (TPSA) is 174 Å². The van der Waals surface area contributed by atoms with Gasteiger partial charge in [0.2, 0.25) is 11.9 Å². The van der Waals surface area contributed by atoms with Crippen LogP contribution in [0, 0.1) is 13.8 Å². The first-order valence-corrected chi connectivity index (χ1v) is 8.89. The highest BCUT2D eigenvalue weighted by Crippen LogP contribution is 1.96. The molecule has 0 saturated heterocycles. The van der Waals surface area contributed by atoms with Crippen molar-refractivity contribution in [2.45, 2.75) is 47.0 Å². The van der Waals surface area contributed by atoms with Gasteiger partial charge in [0.25, 0.3) is 11.1 Å². The number of amides is 4. The molecule has 0 aromatic carbocycles. The quantitative estimate of drug-likeness (QED) is 0.401. The molecule has 164 valence electrons. The Morgan fingerprint density at radius 2 is 1.27 bits per heavy atom. The van der Waals surface area contributed by atoms with Gasteiger partial charge in [0.1, 0.15) is 0 Å². The molecule has 1 unspecified atom stereocenters. The molecule has 2 heterocycles. The van der Waals surface area contributed by atoms with Crippen LogP contribution < -0.4 is 32.4 Å². The lowest BCUT2D eigenvalue weighted by Gasteiger charge is -2.09. The fraction of sp³-hybridized carbons (Fsp3) is 0.412. The third-order valence-electron chi connectivity index (χ3n) is 2.95. The zero-order valence-electron chi connectivity index (χ0n) is 17.2. The number of urea groups is 2. The van der Waals surface area contributed by atoms with Gasteiger partial charge in [-0.25, -0.2) is 23.9 Å². The zero-order chi connectivity index (χ0) is 22.8. The van der Waals surface area contributed by atoms with Crippen molar-refractivity contribution in [1.29, 1.82) is 0 Å². The van der Waals surface area contributed by atoms with Gasteiger partial charge in [0.05, 0.1) is 0 Å². The lowest BCUT2D eigenvalue weighted by Crippen LogP contribution is -2.35. The Hall–Kier alpha value is -3.77. The van der Waals surface area contributed by atoms with E-state index in [0.717, 1.165) is 0 Å². The van der Waals surface area contributed by atoms with E-state index in [9.17, 15) is 23.6 Å². The third-order valence-corrected chi connectivity index (χ3v) is 2.95. The number of aryl methyl sites for hydroxylation is 2. The molecule has 2 aromatic heterocycles. The predicted octanol–water partition coefficient (Wildman–Crippen LogP) is 1.12. The molecule has 6 N–H and O–H groups in total. The van der Waals surface area contributed by atoms with Crippen molar-refractivity contribution < 1.29 is 14.0 Å². The molecule has 0 radical (unpaired) electrons. The normalized spacial score (nSPS) is 11.0. The number of aromatic nitrogens is 4. The predicted molar refractivity (Wildman–Crippen MR) is 109 cm³/mol. The summed E-state index contributed by atoms with van der Waals surface area (Å²) < 4.78 is 12.3. The summed E-state index contributed by atoms with van der Waals surface area (Å²) in [5.41, 5.74) is 0.342. The van der Waals surface area contributed by atoms with Crippen molar-refractivity contribution in [3.63, 3.8) is 0 Å². The lowest BCUT2D eigenvalue weighted by molar-refractivity contribution is 0.233. The summed E-state index contributed by atoms with van der Waals surface area (Å²) in [5, 5.41) is 9.21. The van der Waals surface area contributed by atoms with E-state index in [1.807, 2.05) is 19.2 Å². The molecule has 2 rings (SSSR count). The van der Waals surface area contributed by atoms with Gasteiger partial charge in [0.15, 0.2) is 6.30 Å². The van der Waals surface area contributed by atoms with Gasteiger partial charge < -0.3 is 10.6 Å². The number of hydrogen-bond donors (Lipinski definition) is 6. The summed E-state index contributed by atoms with van der Waals surface area (Å²) in [6, 6.07) is 1.51. The third kappa shape index (κ3) is 9.96. The molecule has 0 aliphatic carbocycles. The highest BCUT2D eigenvalue weighted by atomic mass is 19.1. The second kappa shape index (κ2) is 11.3. The number of hydrogen-bond acceptors (Lipinski definition) is 6. The smallest absolute Gasteiger partial charge is 0.323 e. The highest BCUT2D eigenvalue weighted by Gasteiger charge is 2.07. The van der Waals surface area contributed by atoms with Gasteiger partial charge >= 0.3 is 12.1 Å². The number of H-pyrrole nitrogens is 2. The Morgan fingerprint density at radius 1 is 0.867 bits per heavy atom. The van der Waals surface area contributed by atoms with Crippen LogP contribution in [0.4, 0.5) is 25.9 Å².